The fourth-order valence-corrected chi connectivity index (χ4v) is 2.82. The minimum absolute atomic E-state index is 0.124. The van der Waals surface area contributed by atoms with Gasteiger partial charge in [-0.25, -0.2) is 9.67 Å². The van der Waals surface area contributed by atoms with Crippen molar-refractivity contribution in [3.05, 3.63) is 72.3 Å². The van der Waals surface area contributed by atoms with E-state index in [0.717, 1.165) is 11.3 Å². The van der Waals surface area contributed by atoms with E-state index in [1.807, 2.05) is 38.1 Å². The molecule has 1 unspecified atom stereocenters. The number of carbonyl (C=O) groups excluding carboxylic acids is 2. The molecule has 0 bridgehead atoms. The second-order valence-electron chi connectivity index (χ2n) is 6.33. The molecular weight excluding hydrogens is 370 g/mol. The Labute approximate surface area is 168 Å². The van der Waals surface area contributed by atoms with Crippen LogP contribution in [0.2, 0.25) is 0 Å². The van der Waals surface area contributed by atoms with Crippen LogP contribution in [0.5, 0.6) is 5.75 Å². The van der Waals surface area contributed by atoms with E-state index >= 15 is 0 Å². The Balaban J connectivity index is 1.53. The quantitative estimate of drug-likeness (QED) is 0.612. The number of hydrogen-bond donors (Lipinski definition) is 2. The van der Waals surface area contributed by atoms with Gasteiger partial charge in [0.1, 0.15) is 18.4 Å². The molecule has 150 valence electrons. The summed E-state index contributed by atoms with van der Waals surface area (Å²) in [5.41, 5.74) is 2.22. The van der Waals surface area contributed by atoms with Gasteiger partial charge in [-0.15, -0.1) is 0 Å². The predicted molar refractivity (Wildman–Crippen MR) is 108 cm³/mol. The zero-order valence-electron chi connectivity index (χ0n) is 16.3. The highest BCUT2D eigenvalue weighted by Gasteiger charge is 2.14. The summed E-state index contributed by atoms with van der Waals surface area (Å²) in [5, 5.41) is 9.59. The van der Waals surface area contributed by atoms with Gasteiger partial charge in [-0.3, -0.25) is 9.59 Å². The van der Waals surface area contributed by atoms with Crippen molar-refractivity contribution in [2.24, 2.45) is 0 Å². The molecule has 1 aromatic heterocycles. The Morgan fingerprint density at radius 1 is 1.14 bits per heavy atom. The number of carbonyl (C=O) groups is 2. The SMILES string of the molecule is CCOc1ccccc1C(=O)NCC(=O)NC(C)c1ccc(-n2cncn2)cc1. The number of hydrogen-bond acceptors (Lipinski definition) is 5. The molecule has 0 spiro atoms. The third kappa shape index (κ3) is 5.19. The van der Waals surface area contributed by atoms with Gasteiger partial charge in [-0.05, 0) is 43.7 Å². The maximum absolute atomic E-state index is 12.4. The average molecular weight is 393 g/mol. The van der Waals surface area contributed by atoms with Gasteiger partial charge in [0.15, 0.2) is 0 Å². The van der Waals surface area contributed by atoms with Crippen LogP contribution in [0.3, 0.4) is 0 Å². The van der Waals surface area contributed by atoms with Crippen LogP contribution in [-0.4, -0.2) is 39.7 Å². The molecule has 2 amide bonds. The number of aromatic nitrogens is 3. The summed E-state index contributed by atoms with van der Waals surface area (Å²) in [6, 6.07) is 14.4. The van der Waals surface area contributed by atoms with E-state index in [-0.39, 0.29) is 24.4 Å². The Bertz CT molecular complexity index is 955. The third-order valence-corrected chi connectivity index (χ3v) is 4.29. The average Bonchev–Trinajstić information content (AvgIpc) is 3.28. The molecule has 0 fully saturated rings. The highest BCUT2D eigenvalue weighted by atomic mass is 16.5. The van der Waals surface area contributed by atoms with Crippen LogP contribution in [0, 0.1) is 0 Å². The fraction of sp³-hybridized carbons (Fsp3) is 0.238. The Kier molecular flexibility index (Phi) is 6.57. The van der Waals surface area contributed by atoms with Gasteiger partial charge in [0.05, 0.1) is 30.4 Å². The first-order chi connectivity index (χ1) is 14.1. The predicted octanol–water partition coefficient (Wildman–Crippen LogP) is 2.27. The first-order valence-electron chi connectivity index (χ1n) is 9.33. The fourth-order valence-electron chi connectivity index (χ4n) is 2.82. The number of para-hydroxylation sites is 1. The van der Waals surface area contributed by atoms with Gasteiger partial charge in [0, 0.05) is 0 Å². The summed E-state index contributed by atoms with van der Waals surface area (Å²) < 4.78 is 7.11. The highest BCUT2D eigenvalue weighted by molar-refractivity contribution is 5.98. The normalized spacial score (nSPS) is 11.5. The molecule has 0 aliphatic rings. The molecule has 0 aliphatic carbocycles. The van der Waals surface area contributed by atoms with Crippen LogP contribution in [0.15, 0.2) is 61.2 Å². The van der Waals surface area contributed by atoms with Crippen molar-refractivity contribution in [3.8, 4) is 11.4 Å². The molecule has 8 nitrogen and oxygen atoms in total. The zero-order valence-corrected chi connectivity index (χ0v) is 16.3. The first-order valence-corrected chi connectivity index (χ1v) is 9.33. The second-order valence-corrected chi connectivity index (χ2v) is 6.33. The van der Waals surface area contributed by atoms with Crippen LogP contribution in [0.1, 0.15) is 35.8 Å². The van der Waals surface area contributed by atoms with Crippen LogP contribution < -0.4 is 15.4 Å². The lowest BCUT2D eigenvalue weighted by Crippen LogP contribution is -2.38. The summed E-state index contributed by atoms with van der Waals surface area (Å²) in [7, 11) is 0. The Hall–Kier alpha value is -3.68. The van der Waals surface area contributed by atoms with E-state index in [2.05, 4.69) is 20.7 Å². The molecule has 3 aromatic rings. The number of ether oxygens (including phenoxy) is 1. The summed E-state index contributed by atoms with van der Waals surface area (Å²) in [5.74, 6) is -0.136. The molecule has 1 heterocycles. The number of nitrogens with one attached hydrogen (secondary N) is 2. The van der Waals surface area contributed by atoms with Crippen molar-refractivity contribution in [2.45, 2.75) is 19.9 Å². The zero-order chi connectivity index (χ0) is 20.6. The van der Waals surface area contributed by atoms with Crippen LogP contribution >= 0.6 is 0 Å². The van der Waals surface area contributed by atoms with E-state index in [4.69, 9.17) is 4.74 Å². The highest BCUT2D eigenvalue weighted by Crippen LogP contribution is 2.18. The molecule has 29 heavy (non-hydrogen) atoms. The smallest absolute Gasteiger partial charge is 0.255 e. The lowest BCUT2D eigenvalue weighted by atomic mass is 10.1. The van der Waals surface area contributed by atoms with Crippen molar-refractivity contribution >= 4 is 11.8 Å². The van der Waals surface area contributed by atoms with Crippen LogP contribution in [0.4, 0.5) is 0 Å². The van der Waals surface area contributed by atoms with Gasteiger partial charge in [-0.1, -0.05) is 24.3 Å². The molecule has 0 saturated carbocycles. The lowest BCUT2D eigenvalue weighted by Gasteiger charge is -2.15. The number of amides is 2. The molecule has 3 rings (SSSR count). The van der Waals surface area contributed by atoms with E-state index in [9.17, 15) is 9.59 Å². The monoisotopic (exact) mass is 393 g/mol. The lowest BCUT2D eigenvalue weighted by molar-refractivity contribution is -0.120. The molecule has 1 atom stereocenters. The minimum atomic E-state index is -0.353. The maximum atomic E-state index is 12.4. The van der Waals surface area contributed by atoms with Crippen molar-refractivity contribution < 1.29 is 14.3 Å². The van der Waals surface area contributed by atoms with Gasteiger partial charge >= 0.3 is 0 Å². The number of benzene rings is 2. The molecule has 2 aromatic carbocycles. The summed E-state index contributed by atoms with van der Waals surface area (Å²) in [6.45, 7) is 4.06. The molecule has 0 saturated heterocycles. The minimum Gasteiger partial charge on any atom is -0.493 e. The summed E-state index contributed by atoms with van der Waals surface area (Å²) >= 11 is 0. The largest absolute Gasteiger partial charge is 0.493 e. The van der Waals surface area contributed by atoms with Crippen LogP contribution in [0.25, 0.3) is 5.69 Å². The number of rotatable bonds is 8. The molecule has 0 radical (unpaired) electrons. The van der Waals surface area contributed by atoms with E-state index < -0.39 is 0 Å². The van der Waals surface area contributed by atoms with Crippen LogP contribution in [-0.2, 0) is 4.79 Å². The summed E-state index contributed by atoms with van der Waals surface area (Å²) in [4.78, 5) is 28.5. The third-order valence-electron chi connectivity index (χ3n) is 4.29. The van der Waals surface area contributed by atoms with Gasteiger partial charge in [0.2, 0.25) is 5.91 Å². The van der Waals surface area contributed by atoms with E-state index in [0.29, 0.717) is 17.9 Å². The molecule has 0 aliphatic heterocycles. The Morgan fingerprint density at radius 2 is 1.90 bits per heavy atom. The van der Waals surface area contributed by atoms with Crippen molar-refractivity contribution in [3.63, 3.8) is 0 Å². The molecule has 2 N–H and O–H groups in total. The van der Waals surface area contributed by atoms with Crippen molar-refractivity contribution in [2.75, 3.05) is 13.2 Å². The van der Waals surface area contributed by atoms with Gasteiger partial charge in [-0.2, -0.15) is 5.10 Å². The second kappa shape index (κ2) is 9.50. The van der Waals surface area contributed by atoms with Crippen molar-refractivity contribution in [1.82, 2.24) is 25.4 Å². The standard InChI is InChI=1S/C21H23N5O3/c1-3-29-19-7-5-4-6-18(19)21(28)23-12-20(27)25-15(2)16-8-10-17(11-9-16)26-14-22-13-24-26/h4-11,13-15H,3,12H2,1-2H3,(H,23,28)(H,25,27). The van der Waals surface area contributed by atoms with Gasteiger partial charge < -0.3 is 15.4 Å². The van der Waals surface area contributed by atoms with E-state index in [1.165, 1.54) is 6.33 Å². The summed E-state index contributed by atoms with van der Waals surface area (Å²) in [6.07, 6.45) is 3.09. The number of nitrogens with zero attached hydrogens (tertiary/aromatic N) is 3. The maximum Gasteiger partial charge on any atom is 0.255 e. The molecular formula is C21H23N5O3. The van der Waals surface area contributed by atoms with Crippen molar-refractivity contribution in [1.29, 1.82) is 0 Å². The topological polar surface area (TPSA) is 98.1 Å². The van der Waals surface area contributed by atoms with E-state index in [1.54, 1.807) is 35.3 Å². The van der Waals surface area contributed by atoms with Gasteiger partial charge in [0.25, 0.3) is 5.91 Å². The Morgan fingerprint density at radius 3 is 2.59 bits per heavy atom. The first kappa shape index (κ1) is 20.1. The molecule has 8 heteroatoms.